The minimum absolute atomic E-state index is 0.0781. The lowest BCUT2D eigenvalue weighted by Crippen LogP contribution is -1.98. The second-order valence-electron chi connectivity index (χ2n) is 2.66. The van der Waals surface area contributed by atoms with Crippen molar-refractivity contribution in [2.45, 2.75) is 6.42 Å². The van der Waals surface area contributed by atoms with Gasteiger partial charge in [0.15, 0.2) is 17.1 Å². The van der Waals surface area contributed by atoms with Crippen LogP contribution in [0.2, 0.25) is 0 Å². The Bertz CT molecular complexity index is 454. The first kappa shape index (κ1) is 7.72. The molecule has 68 valence electrons. The summed E-state index contributed by atoms with van der Waals surface area (Å²) in [5.41, 5.74) is 0.907. The molecule has 2 rings (SSSR count). The van der Waals surface area contributed by atoms with E-state index >= 15 is 0 Å². The van der Waals surface area contributed by atoms with Gasteiger partial charge in [0.2, 0.25) is 0 Å². The topological polar surface area (TPSA) is 86.5 Å². The second-order valence-corrected chi connectivity index (χ2v) is 2.66. The molecule has 0 aliphatic carbocycles. The molecule has 0 spiro atoms. The van der Waals surface area contributed by atoms with Crippen molar-refractivity contribution < 1.29 is 19.4 Å². The number of furan rings is 1. The number of carboxylic acids is 1. The molecule has 0 saturated heterocycles. The fraction of sp³-hybridized carbons (Fsp3) is 0.125. The number of hydrogen-bond acceptors (Lipinski definition) is 3. The zero-order valence-corrected chi connectivity index (χ0v) is 6.57. The van der Waals surface area contributed by atoms with Crippen molar-refractivity contribution in [3.05, 3.63) is 18.0 Å². The van der Waals surface area contributed by atoms with Gasteiger partial charge in [-0.15, -0.1) is 0 Å². The normalized spacial score (nSPS) is 10.8. The summed E-state index contributed by atoms with van der Waals surface area (Å²) in [5, 5.41) is 17.9. The first-order chi connectivity index (χ1) is 6.18. The van der Waals surface area contributed by atoms with Crippen molar-refractivity contribution >= 4 is 17.1 Å². The number of fused-ring (bicyclic) bond motifs is 1. The van der Waals surface area contributed by atoms with E-state index in [1.807, 2.05) is 0 Å². The first-order valence-electron chi connectivity index (χ1n) is 3.68. The number of carboxylic acid groups (broad SMARTS) is 1. The van der Waals surface area contributed by atoms with E-state index in [9.17, 15) is 9.90 Å². The van der Waals surface area contributed by atoms with Crippen molar-refractivity contribution in [3.8, 4) is 5.75 Å². The van der Waals surface area contributed by atoms with Gasteiger partial charge in [-0.05, 0) is 6.07 Å². The molecule has 0 aliphatic heterocycles. The number of rotatable bonds is 2. The van der Waals surface area contributed by atoms with Crippen LogP contribution in [0, 0.1) is 0 Å². The third kappa shape index (κ3) is 1.14. The molecular weight excluding hydrogens is 174 g/mol. The Morgan fingerprint density at radius 1 is 1.62 bits per heavy atom. The Hall–Kier alpha value is -1.91. The Morgan fingerprint density at radius 2 is 2.38 bits per heavy atom. The van der Waals surface area contributed by atoms with Gasteiger partial charge in [0.1, 0.15) is 11.9 Å². The molecule has 2 aromatic rings. The van der Waals surface area contributed by atoms with Crippen LogP contribution >= 0.6 is 0 Å². The molecule has 0 saturated carbocycles. The lowest BCUT2D eigenvalue weighted by molar-refractivity contribution is -0.136. The molecule has 0 aromatic carbocycles. The Balaban J connectivity index is 2.51. The summed E-state index contributed by atoms with van der Waals surface area (Å²) in [6.45, 7) is 0. The van der Waals surface area contributed by atoms with Crippen molar-refractivity contribution in [2.24, 2.45) is 0 Å². The highest BCUT2D eigenvalue weighted by Gasteiger charge is 2.16. The zero-order chi connectivity index (χ0) is 9.42. The molecule has 0 unspecified atom stereocenters. The predicted molar refractivity (Wildman–Crippen MR) is 43.6 cm³/mol. The first-order valence-corrected chi connectivity index (χ1v) is 3.68. The number of aliphatic carboxylic acids is 1. The van der Waals surface area contributed by atoms with Crippen molar-refractivity contribution in [1.82, 2.24) is 4.98 Å². The van der Waals surface area contributed by atoms with E-state index in [4.69, 9.17) is 9.52 Å². The van der Waals surface area contributed by atoms with Gasteiger partial charge in [0, 0.05) is 6.20 Å². The largest absolute Gasteiger partial charge is 0.503 e. The summed E-state index contributed by atoms with van der Waals surface area (Å²) in [4.78, 5) is 13.1. The number of aromatic amines is 1. The minimum Gasteiger partial charge on any atom is -0.503 e. The van der Waals surface area contributed by atoms with Crippen LogP contribution in [0.15, 0.2) is 16.7 Å². The van der Waals surface area contributed by atoms with Crippen LogP contribution in [0.3, 0.4) is 0 Å². The summed E-state index contributed by atoms with van der Waals surface area (Å²) in [5.74, 6) is -1.08. The molecule has 2 aromatic heterocycles. The van der Waals surface area contributed by atoms with E-state index < -0.39 is 5.97 Å². The number of H-pyrrole nitrogens is 1. The van der Waals surface area contributed by atoms with E-state index in [0.717, 1.165) is 0 Å². The molecule has 2 heterocycles. The summed E-state index contributed by atoms with van der Waals surface area (Å²) >= 11 is 0. The highest BCUT2D eigenvalue weighted by molar-refractivity contribution is 5.83. The molecule has 3 N–H and O–H groups in total. The Morgan fingerprint density at radius 3 is 3.00 bits per heavy atom. The zero-order valence-electron chi connectivity index (χ0n) is 6.57. The molecule has 0 fully saturated rings. The molecule has 0 amide bonds. The maximum Gasteiger partial charge on any atom is 0.311 e. The molecule has 0 aliphatic rings. The molecule has 0 radical (unpaired) electrons. The van der Waals surface area contributed by atoms with Crippen LogP contribution in [-0.4, -0.2) is 21.2 Å². The van der Waals surface area contributed by atoms with Crippen molar-refractivity contribution in [2.75, 3.05) is 0 Å². The van der Waals surface area contributed by atoms with Gasteiger partial charge in [-0.25, -0.2) is 0 Å². The fourth-order valence-corrected chi connectivity index (χ4v) is 1.20. The van der Waals surface area contributed by atoms with Crippen LogP contribution in [0.5, 0.6) is 5.75 Å². The second kappa shape index (κ2) is 2.55. The average Bonchev–Trinajstić information content (AvgIpc) is 2.56. The van der Waals surface area contributed by atoms with Gasteiger partial charge in [-0.1, -0.05) is 0 Å². The Labute approximate surface area is 72.6 Å². The number of hydrogen-bond donors (Lipinski definition) is 3. The van der Waals surface area contributed by atoms with Crippen molar-refractivity contribution in [1.29, 1.82) is 0 Å². The third-order valence-corrected chi connectivity index (χ3v) is 1.75. The minimum atomic E-state index is -1.04. The number of aromatic hydroxyl groups is 1. The van der Waals surface area contributed by atoms with Gasteiger partial charge in [-0.2, -0.15) is 0 Å². The number of nitrogens with one attached hydrogen (secondary N) is 1. The summed E-state index contributed by atoms with van der Waals surface area (Å²) in [7, 11) is 0. The maximum absolute atomic E-state index is 10.3. The summed E-state index contributed by atoms with van der Waals surface area (Å²) in [6, 6.07) is 1.63. The van der Waals surface area contributed by atoms with E-state index in [-0.39, 0.29) is 17.9 Å². The van der Waals surface area contributed by atoms with Gasteiger partial charge < -0.3 is 19.6 Å². The molecule has 13 heavy (non-hydrogen) atoms. The van der Waals surface area contributed by atoms with Gasteiger partial charge in [0.25, 0.3) is 0 Å². The SMILES string of the molecule is O=C(O)Cc1oc2cc[nH]c2c1O. The average molecular weight is 181 g/mol. The molecule has 5 heteroatoms. The summed E-state index contributed by atoms with van der Waals surface area (Å²) in [6.07, 6.45) is 1.30. The highest BCUT2D eigenvalue weighted by atomic mass is 16.4. The molecular formula is C8H7NO4. The smallest absolute Gasteiger partial charge is 0.311 e. The van der Waals surface area contributed by atoms with Crippen LogP contribution in [0.25, 0.3) is 11.1 Å². The number of carbonyl (C=O) groups is 1. The highest BCUT2D eigenvalue weighted by Crippen LogP contribution is 2.30. The van der Waals surface area contributed by atoms with Crippen LogP contribution in [0.1, 0.15) is 5.76 Å². The standard InChI is InChI=1S/C8H7NO4/c10-6(11)3-5-8(12)7-4(13-5)1-2-9-7/h1-2,9,12H,3H2,(H,10,11). The monoisotopic (exact) mass is 181 g/mol. The quantitative estimate of drug-likeness (QED) is 0.647. The van der Waals surface area contributed by atoms with Crippen LogP contribution < -0.4 is 0 Å². The number of aromatic nitrogens is 1. The molecule has 5 nitrogen and oxygen atoms in total. The lowest BCUT2D eigenvalue weighted by atomic mass is 10.3. The summed E-state index contributed by atoms with van der Waals surface area (Å²) < 4.78 is 5.09. The lowest BCUT2D eigenvalue weighted by Gasteiger charge is -1.90. The van der Waals surface area contributed by atoms with Crippen LogP contribution in [0.4, 0.5) is 0 Å². The third-order valence-electron chi connectivity index (χ3n) is 1.75. The van der Waals surface area contributed by atoms with Gasteiger partial charge in [-0.3, -0.25) is 4.79 Å². The van der Waals surface area contributed by atoms with Gasteiger partial charge >= 0.3 is 5.97 Å². The van der Waals surface area contributed by atoms with E-state index in [1.54, 1.807) is 12.3 Å². The van der Waals surface area contributed by atoms with Crippen LogP contribution in [-0.2, 0) is 11.2 Å². The molecule has 0 bridgehead atoms. The van der Waals surface area contributed by atoms with E-state index in [2.05, 4.69) is 4.98 Å². The van der Waals surface area contributed by atoms with E-state index in [1.165, 1.54) is 0 Å². The Kier molecular flexibility index (Phi) is 1.51. The van der Waals surface area contributed by atoms with E-state index in [0.29, 0.717) is 11.1 Å². The van der Waals surface area contributed by atoms with Gasteiger partial charge in [0.05, 0.1) is 0 Å². The fourth-order valence-electron chi connectivity index (χ4n) is 1.20. The predicted octanol–water partition coefficient (Wildman–Crippen LogP) is 1.09. The van der Waals surface area contributed by atoms with Crippen molar-refractivity contribution in [3.63, 3.8) is 0 Å². The maximum atomic E-state index is 10.3. The molecule has 0 atom stereocenters.